The van der Waals surface area contributed by atoms with Gasteiger partial charge in [-0.1, -0.05) is 0 Å². The molecule has 0 fully saturated rings. The highest BCUT2D eigenvalue weighted by Gasteiger charge is 1.95. The van der Waals surface area contributed by atoms with E-state index in [9.17, 15) is 4.39 Å². The fourth-order valence-electron chi connectivity index (χ4n) is 1.52. The summed E-state index contributed by atoms with van der Waals surface area (Å²) in [5.74, 6) is 0.481. The van der Waals surface area contributed by atoms with Crippen LogP contribution in [0.2, 0.25) is 0 Å². The second-order valence-electron chi connectivity index (χ2n) is 3.95. The molecule has 0 aromatic heterocycles. The lowest BCUT2D eigenvalue weighted by Gasteiger charge is -2.05. The summed E-state index contributed by atoms with van der Waals surface area (Å²) in [6.07, 6.45) is 3.25. The summed E-state index contributed by atoms with van der Waals surface area (Å²) in [7, 11) is 0. The minimum atomic E-state index is -0.239. The fourth-order valence-corrected chi connectivity index (χ4v) is 1.52. The van der Waals surface area contributed by atoms with Crippen molar-refractivity contribution in [2.24, 2.45) is 0 Å². The molecule has 17 heavy (non-hydrogen) atoms. The lowest BCUT2D eigenvalue weighted by Crippen LogP contribution is -2.85. The summed E-state index contributed by atoms with van der Waals surface area (Å²) in [6.45, 7) is 2.75. The molecule has 0 aliphatic rings. The molecule has 0 aliphatic heterocycles. The molecule has 0 atom stereocenters. The third kappa shape index (κ3) is 6.92. The largest absolute Gasteiger partial charge is 0.494 e. The molecule has 0 bridgehead atoms. The topological polar surface area (TPSA) is 46.1 Å². The van der Waals surface area contributed by atoms with Crippen LogP contribution in [0.4, 0.5) is 4.39 Å². The third-order valence-electron chi connectivity index (χ3n) is 2.47. The Morgan fingerprint density at radius 2 is 1.82 bits per heavy atom. The van der Waals surface area contributed by atoms with Crippen LogP contribution in [0.25, 0.3) is 0 Å². The van der Waals surface area contributed by atoms with Crippen molar-refractivity contribution < 1.29 is 19.6 Å². The van der Waals surface area contributed by atoms with Crippen LogP contribution in [-0.2, 0) is 0 Å². The van der Waals surface area contributed by atoms with Gasteiger partial charge in [-0.15, -0.1) is 0 Å². The first-order valence-electron chi connectivity index (χ1n) is 6.14. The number of unbranched alkanes of at least 4 members (excludes halogenated alkanes) is 2. The Morgan fingerprint density at radius 3 is 2.53 bits per heavy atom. The van der Waals surface area contributed by atoms with Gasteiger partial charge >= 0.3 is 0 Å². The van der Waals surface area contributed by atoms with Gasteiger partial charge in [0.05, 0.1) is 26.3 Å². The summed E-state index contributed by atoms with van der Waals surface area (Å²) in [6, 6.07) is 6.09. The molecule has 1 aromatic rings. The Morgan fingerprint density at radius 1 is 1.06 bits per heavy atom. The maximum atomic E-state index is 12.6. The summed E-state index contributed by atoms with van der Waals surface area (Å²) < 4.78 is 18.1. The van der Waals surface area contributed by atoms with Crippen LogP contribution < -0.4 is 10.1 Å². The number of nitrogens with two attached hydrogens (primary N) is 1. The van der Waals surface area contributed by atoms with E-state index in [1.165, 1.54) is 12.1 Å². The number of benzene rings is 1. The smallest absolute Gasteiger partial charge is 0.123 e. The Kier molecular flexibility index (Phi) is 7.34. The summed E-state index contributed by atoms with van der Waals surface area (Å²) >= 11 is 0. The average molecular weight is 242 g/mol. The van der Waals surface area contributed by atoms with Crippen LogP contribution in [0.1, 0.15) is 19.3 Å². The Hall–Kier alpha value is -1.13. The molecule has 0 radical (unpaired) electrons. The standard InChI is InChI=1S/C13H20FNO2/c14-12-4-6-13(7-5-12)17-11-3-1-2-8-15-9-10-16/h4-7,15-16H,1-3,8-11H2/p+1. The lowest BCUT2D eigenvalue weighted by molar-refractivity contribution is -0.656. The van der Waals surface area contributed by atoms with Gasteiger partial charge < -0.3 is 15.2 Å². The first kappa shape index (κ1) is 13.9. The normalized spacial score (nSPS) is 10.5. The van der Waals surface area contributed by atoms with Crippen LogP contribution in [0.15, 0.2) is 24.3 Å². The molecule has 0 amide bonds. The van der Waals surface area contributed by atoms with Crippen molar-refractivity contribution in [1.29, 1.82) is 0 Å². The van der Waals surface area contributed by atoms with Gasteiger partial charge in [0.25, 0.3) is 0 Å². The highest BCUT2D eigenvalue weighted by molar-refractivity contribution is 5.21. The van der Waals surface area contributed by atoms with E-state index in [4.69, 9.17) is 9.84 Å². The molecule has 0 spiro atoms. The van der Waals surface area contributed by atoms with E-state index in [1.54, 1.807) is 12.1 Å². The van der Waals surface area contributed by atoms with Crippen molar-refractivity contribution in [2.75, 3.05) is 26.3 Å². The summed E-state index contributed by atoms with van der Waals surface area (Å²) in [5, 5.41) is 10.7. The number of hydrogen-bond acceptors (Lipinski definition) is 2. The number of hydrogen-bond donors (Lipinski definition) is 2. The van der Waals surface area contributed by atoms with Crippen molar-refractivity contribution in [3.05, 3.63) is 30.1 Å². The SMILES string of the molecule is OCC[NH2+]CCCCCOc1ccc(F)cc1. The Balaban J connectivity index is 1.95. The van der Waals surface area contributed by atoms with E-state index in [-0.39, 0.29) is 12.4 Å². The summed E-state index contributed by atoms with van der Waals surface area (Å²) in [5.41, 5.74) is 0. The predicted octanol–water partition coefficient (Wildman–Crippen LogP) is 0.930. The van der Waals surface area contributed by atoms with E-state index < -0.39 is 0 Å². The zero-order chi connectivity index (χ0) is 12.3. The van der Waals surface area contributed by atoms with Gasteiger partial charge in [-0.25, -0.2) is 4.39 Å². The van der Waals surface area contributed by atoms with E-state index in [2.05, 4.69) is 5.32 Å². The molecule has 3 nitrogen and oxygen atoms in total. The number of aliphatic hydroxyl groups is 1. The van der Waals surface area contributed by atoms with Gasteiger partial charge in [0, 0.05) is 0 Å². The van der Waals surface area contributed by atoms with Crippen LogP contribution in [0, 0.1) is 5.82 Å². The second kappa shape index (κ2) is 8.96. The molecule has 0 unspecified atom stereocenters. The number of ether oxygens (including phenoxy) is 1. The number of aliphatic hydroxyl groups excluding tert-OH is 1. The predicted molar refractivity (Wildman–Crippen MR) is 64.5 cm³/mol. The molecule has 1 aromatic carbocycles. The molecule has 0 saturated carbocycles. The molecular formula is C13H21FNO2+. The van der Waals surface area contributed by atoms with Gasteiger partial charge in [-0.2, -0.15) is 0 Å². The number of quaternary nitrogens is 1. The van der Waals surface area contributed by atoms with E-state index in [0.29, 0.717) is 6.61 Å². The van der Waals surface area contributed by atoms with E-state index in [1.807, 2.05) is 0 Å². The van der Waals surface area contributed by atoms with Crippen molar-refractivity contribution in [1.82, 2.24) is 0 Å². The van der Waals surface area contributed by atoms with Crippen molar-refractivity contribution in [2.45, 2.75) is 19.3 Å². The van der Waals surface area contributed by atoms with Crippen molar-refractivity contribution in [3.63, 3.8) is 0 Å². The maximum Gasteiger partial charge on any atom is 0.123 e. The highest BCUT2D eigenvalue weighted by atomic mass is 19.1. The zero-order valence-electron chi connectivity index (χ0n) is 10.1. The van der Waals surface area contributed by atoms with Gasteiger partial charge in [-0.3, -0.25) is 0 Å². The van der Waals surface area contributed by atoms with Gasteiger partial charge in [0.15, 0.2) is 0 Å². The van der Waals surface area contributed by atoms with Crippen LogP contribution in [-0.4, -0.2) is 31.4 Å². The summed E-state index contributed by atoms with van der Waals surface area (Å²) in [4.78, 5) is 0. The van der Waals surface area contributed by atoms with E-state index in [0.717, 1.165) is 38.1 Å². The Bertz CT molecular complexity index is 290. The zero-order valence-corrected chi connectivity index (χ0v) is 10.1. The fraction of sp³-hybridized carbons (Fsp3) is 0.538. The first-order valence-corrected chi connectivity index (χ1v) is 6.14. The minimum absolute atomic E-state index is 0.239. The van der Waals surface area contributed by atoms with Crippen molar-refractivity contribution >= 4 is 0 Å². The quantitative estimate of drug-likeness (QED) is 0.633. The second-order valence-corrected chi connectivity index (χ2v) is 3.95. The molecule has 0 saturated heterocycles. The third-order valence-corrected chi connectivity index (χ3v) is 2.47. The number of halogens is 1. The van der Waals surface area contributed by atoms with Crippen LogP contribution in [0.3, 0.4) is 0 Å². The molecule has 0 aliphatic carbocycles. The van der Waals surface area contributed by atoms with Crippen LogP contribution >= 0.6 is 0 Å². The molecule has 1 rings (SSSR count). The number of rotatable bonds is 9. The van der Waals surface area contributed by atoms with Crippen LogP contribution in [0.5, 0.6) is 5.75 Å². The van der Waals surface area contributed by atoms with Crippen molar-refractivity contribution in [3.8, 4) is 5.75 Å². The average Bonchev–Trinajstić information content (AvgIpc) is 2.35. The van der Waals surface area contributed by atoms with Gasteiger partial charge in [0.2, 0.25) is 0 Å². The molecule has 96 valence electrons. The van der Waals surface area contributed by atoms with Gasteiger partial charge in [-0.05, 0) is 43.5 Å². The van der Waals surface area contributed by atoms with E-state index >= 15 is 0 Å². The molecule has 0 heterocycles. The highest BCUT2D eigenvalue weighted by Crippen LogP contribution is 2.11. The molecular weight excluding hydrogens is 221 g/mol. The Labute approximate surface area is 102 Å². The molecule has 4 heteroatoms. The first-order chi connectivity index (χ1) is 8.33. The maximum absolute atomic E-state index is 12.6. The van der Waals surface area contributed by atoms with Gasteiger partial charge in [0.1, 0.15) is 11.6 Å². The lowest BCUT2D eigenvalue weighted by atomic mass is 10.2. The monoisotopic (exact) mass is 242 g/mol. The minimum Gasteiger partial charge on any atom is -0.494 e. The molecule has 3 N–H and O–H groups in total.